The fraction of sp³-hybridized carbons (Fsp3) is 0.583. The molecular weight excluding hydrogens is 410 g/mol. The molecule has 166 valence electrons. The Morgan fingerprint density at radius 3 is 2.77 bits per heavy atom. The van der Waals surface area contributed by atoms with Crippen molar-refractivity contribution in [3.63, 3.8) is 0 Å². The number of fused-ring (bicyclic) bond motifs is 3. The first-order chi connectivity index (χ1) is 14.8. The summed E-state index contributed by atoms with van der Waals surface area (Å²) in [4.78, 5) is 13.0. The molecule has 4 atom stereocenters. The van der Waals surface area contributed by atoms with Gasteiger partial charge in [0.1, 0.15) is 0 Å². The summed E-state index contributed by atoms with van der Waals surface area (Å²) in [5, 5.41) is 7.82. The van der Waals surface area contributed by atoms with Gasteiger partial charge in [0.05, 0.1) is 17.9 Å². The number of aromatic nitrogens is 2. The second-order valence-electron chi connectivity index (χ2n) is 10.3. The van der Waals surface area contributed by atoms with Gasteiger partial charge in [0.2, 0.25) is 5.88 Å². The van der Waals surface area contributed by atoms with Gasteiger partial charge in [0.25, 0.3) is 0 Å². The number of rotatable bonds is 4. The predicted molar refractivity (Wildman–Crippen MR) is 120 cm³/mol. The van der Waals surface area contributed by atoms with E-state index in [2.05, 4.69) is 43.3 Å². The molecule has 7 heteroatoms. The maximum atomic E-state index is 13.0. The summed E-state index contributed by atoms with van der Waals surface area (Å²) in [6.45, 7) is 7.40. The van der Waals surface area contributed by atoms with Crippen LogP contribution < -0.4 is 10.1 Å². The van der Waals surface area contributed by atoms with Crippen molar-refractivity contribution in [2.45, 2.75) is 64.8 Å². The van der Waals surface area contributed by atoms with E-state index >= 15 is 0 Å². The van der Waals surface area contributed by atoms with Crippen LogP contribution >= 0.6 is 0 Å². The fourth-order valence-electron chi connectivity index (χ4n) is 6.24. The summed E-state index contributed by atoms with van der Waals surface area (Å²) in [5.74, 6) is 1.96. The van der Waals surface area contributed by atoms with Gasteiger partial charge < -0.3 is 10.1 Å². The highest BCUT2D eigenvalue weighted by Gasteiger charge is 2.60. The Bertz CT molecular complexity index is 1030. The number of benzene rings is 1. The molecule has 3 aliphatic rings. The summed E-state index contributed by atoms with van der Waals surface area (Å²) >= 11 is 0. The Labute approximate surface area is 186 Å². The largest absolute Gasteiger partial charge is 0.414 e. The van der Waals surface area contributed by atoms with Crippen molar-refractivity contribution < 1.29 is 13.7 Å². The van der Waals surface area contributed by atoms with E-state index in [1.807, 2.05) is 22.9 Å². The number of ether oxygens (including phenoxy) is 1. The molecule has 2 aliphatic carbocycles. The molecule has 1 aliphatic heterocycles. The Hall–Kier alpha value is -2.15. The first-order valence-corrected chi connectivity index (χ1v) is 12.7. The lowest BCUT2D eigenvalue weighted by molar-refractivity contribution is 0.103. The van der Waals surface area contributed by atoms with E-state index in [9.17, 15) is 9.00 Å². The lowest BCUT2D eigenvalue weighted by Crippen LogP contribution is -2.53. The number of carbonyl (C=O) groups excluding carboxylic acids is 1. The van der Waals surface area contributed by atoms with Crippen LogP contribution in [0.25, 0.3) is 0 Å². The van der Waals surface area contributed by atoms with Crippen LogP contribution in [0.2, 0.25) is 0 Å². The van der Waals surface area contributed by atoms with Crippen molar-refractivity contribution in [2.75, 3.05) is 5.75 Å². The lowest BCUT2D eigenvalue weighted by atomic mass is 9.68. The van der Waals surface area contributed by atoms with Gasteiger partial charge in [-0.15, -0.1) is 5.10 Å². The minimum Gasteiger partial charge on any atom is -0.389 e. The van der Waals surface area contributed by atoms with Crippen LogP contribution in [-0.4, -0.2) is 31.9 Å². The molecule has 1 N–H and O–H groups in total. The third-order valence-corrected chi connectivity index (χ3v) is 9.17. The Balaban J connectivity index is 1.37. The van der Waals surface area contributed by atoms with E-state index in [0.29, 0.717) is 36.3 Å². The SMILES string of the molecule is CC12CCC(C1)C(C)(C)C2NC(=O)Oc1nn(Cc2ccccc2)c2c1CS(=O)CC2. The van der Waals surface area contributed by atoms with Gasteiger partial charge in [0, 0.05) is 34.7 Å². The summed E-state index contributed by atoms with van der Waals surface area (Å²) < 4.78 is 19.9. The van der Waals surface area contributed by atoms with Gasteiger partial charge in [-0.1, -0.05) is 51.1 Å². The number of carbonyl (C=O) groups is 1. The number of nitrogens with zero attached hydrogens (tertiary/aromatic N) is 2. The molecule has 4 unspecified atom stereocenters. The van der Waals surface area contributed by atoms with Crippen molar-refractivity contribution in [1.82, 2.24) is 15.1 Å². The molecule has 2 fully saturated rings. The van der Waals surface area contributed by atoms with E-state index in [-0.39, 0.29) is 16.9 Å². The van der Waals surface area contributed by atoms with Crippen LogP contribution in [-0.2, 0) is 29.5 Å². The molecule has 5 rings (SSSR count). The van der Waals surface area contributed by atoms with Crippen molar-refractivity contribution in [1.29, 1.82) is 0 Å². The summed E-state index contributed by atoms with van der Waals surface area (Å²) in [5.41, 5.74) is 3.15. The predicted octanol–water partition coefficient (Wildman–Crippen LogP) is 4.04. The molecule has 31 heavy (non-hydrogen) atoms. The van der Waals surface area contributed by atoms with Gasteiger partial charge in [-0.2, -0.15) is 0 Å². The maximum Gasteiger partial charge on any atom is 0.414 e. The molecule has 2 aromatic rings. The van der Waals surface area contributed by atoms with Crippen LogP contribution in [0.15, 0.2) is 30.3 Å². The minimum absolute atomic E-state index is 0.0552. The molecular formula is C24H31N3O3S. The van der Waals surface area contributed by atoms with Crippen molar-refractivity contribution in [3.05, 3.63) is 47.2 Å². The van der Waals surface area contributed by atoms with Crippen LogP contribution in [0.1, 0.15) is 56.9 Å². The van der Waals surface area contributed by atoms with Gasteiger partial charge in [-0.25, -0.2) is 4.79 Å². The van der Waals surface area contributed by atoms with Gasteiger partial charge in [0.15, 0.2) is 0 Å². The standard InChI is InChI=1S/C24H31N3O3S/c1-23(2)17-9-11-24(3,13-17)21(23)25-22(28)30-20-18-15-31(29)12-10-19(18)27(26-20)14-16-7-5-4-6-8-16/h4-8,17,21H,9-15H2,1-3H3,(H,25,28). The van der Waals surface area contributed by atoms with E-state index in [0.717, 1.165) is 29.7 Å². The third-order valence-electron chi connectivity index (χ3n) is 7.90. The maximum absolute atomic E-state index is 13.0. The highest BCUT2D eigenvalue weighted by molar-refractivity contribution is 7.84. The first kappa shape index (κ1) is 20.7. The molecule has 1 aromatic heterocycles. The second-order valence-corrected chi connectivity index (χ2v) is 11.9. The van der Waals surface area contributed by atoms with Crippen LogP contribution in [0.5, 0.6) is 5.88 Å². The Kier molecular flexibility index (Phi) is 5.00. The quantitative estimate of drug-likeness (QED) is 0.777. The average Bonchev–Trinajstić information content (AvgIpc) is 3.33. The van der Waals surface area contributed by atoms with Gasteiger partial charge in [-0.3, -0.25) is 8.89 Å². The lowest BCUT2D eigenvalue weighted by Gasteiger charge is -2.42. The summed E-state index contributed by atoms with van der Waals surface area (Å²) in [6, 6.07) is 10.2. The van der Waals surface area contributed by atoms with E-state index < -0.39 is 16.9 Å². The monoisotopic (exact) mass is 441 g/mol. The van der Waals surface area contributed by atoms with Gasteiger partial charge >= 0.3 is 6.09 Å². The number of hydrogen-bond acceptors (Lipinski definition) is 4. The van der Waals surface area contributed by atoms with Crippen LogP contribution in [0, 0.1) is 16.7 Å². The van der Waals surface area contributed by atoms with Gasteiger partial charge in [-0.05, 0) is 41.6 Å². The zero-order chi connectivity index (χ0) is 21.8. The molecule has 2 saturated carbocycles. The molecule has 2 bridgehead atoms. The molecule has 0 spiro atoms. The normalized spacial score (nSPS) is 30.7. The molecule has 6 nitrogen and oxygen atoms in total. The molecule has 0 radical (unpaired) electrons. The van der Waals surface area contributed by atoms with E-state index in [1.165, 1.54) is 6.42 Å². The van der Waals surface area contributed by atoms with Crippen molar-refractivity contribution in [2.24, 2.45) is 16.7 Å². The Morgan fingerprint density at radius 1 is 1.29 bits per heavy atom. The summed E-state index contributed by atoms with van der Waals surface area (Å²) in [6.07, 6.45) is 3.77. The summed E-state index contributed by atoms with van der Waals surface area (Å²) in [7, 11) is -0.949. The molecule has 2 heterocycles. The molecule has 1 aromatic carbocycles. The number of amides is 1. The first-order valence-electron chi connectivity index (χ1n) is 11.2. The Morgan fingerprint density at radius 2 is 2.06 bits per heavy atom. The minimum atomic E-state index is -0.949. The fourth-order valence-corrected chi connectivity index (χ4v) is 7.42. The van der Waals surface area contributed by atoms with Crippen LogP contribution in [0.3, 0.4) is 0 Å². The smallest absolute Gasteiger partial charge is 0.389 e. The highest BCUT2D eigenvalue weighted by Crippen LogP contribution is 2.62. The van der Waals surface area contributed by atoms with Crippen molar-refractivity contribution >= 4 is 16.9 Å². The number of nitrogens with one attached hydrogen (secondary N) is 1. The number of hydrogen-bond donors (Lipinski definition) is 1. The highest BCUT2D eigenvalue weighted by atomic mass is 32.2. The zero-order valence-corrected chi connectivity index (χ0v) is 19.3. The molecule has 0 saturated heterocycles. The zero-order valence-electron chi connectivity index (χ0n) is 18.5. The van der Waals surface area contributed by atoms with Crippen LogP contribution in [0.4, 0.5) is 4.79 Å². The van der Waals surface area contributed by atoms with E-state index in [1.54, 1.807) is 0 Å². The van der Waals surface area contributed by atoms with E-state index in [4.69, 9.17) is 4.74 Å². The average molecular weight is 442 g/mol. The van der Waals surface area contributed by atoms with Crippen molar-refractivity contribution in [3.8, 4) is 5.88 Å². The second kappa shape index (κ2) is 7.47. The topological polar surface area (TPSA) is 73.2 Å². The third kappa shape index (κ3) is 3.60. The molecule has 1 amide bonds.